The molecule has 0 aliphatic heterocycles. The lowest BCUT2D eigenvalue weighted by Gasteiger charge is -2.07. The van der Waals surface area contributed by atoms with Gasteiger partial charge in [-0.1, -0.05) is 6.92 Å². The first-order valence-electron chi connectivity index (χ1n) is 6.18. The highest BCUT2D eigenvalue weighted by Gasteiger charge is 2.27. The Kier molecular flexibility index (Phi) is 4.58. The molecule has 0 atom stereocenters. The molecule has 0 aliphatic rings. The Morgan fingerprint density at radius 1 is 1.40 bits per heavy atom. The van der Waals surface area contributed by atoms with Gasteiger partial charge in [-0.3, -0.25) is 10.1 Å². The fourth-order valence-corrected chi connectivity index (χ4v) is 2.20. The predicted octanol–water partition coefficient (Wildman–Crippen LogP) is 3.91. The van der Waals surface area contributed by atoms with Gasteiger partial charge in [0.25, 0.3) is 5.88 Å². The maximum Gasteiger partial charge on any atom is 0.353 e. The van der Waals surface area contributed by atoms with Gasteiger partial charge in [0.15, 0.2) is 0 Å². The number of rotatable bonds is 5. The first-order chi connectivity index (χ1) is 9.52. The smallest absolute Gasteiger partial charge is 0.353 e. The zero-order valence-corrected chi connectivity index (χ0v) is 13.3. The quantitative estimate of drug-likeness (QED) is 0.443. The predicted molar refractivity (Wildman–Crippen MR) is 83.1 cm³/mol. The molecular formula is C13H14IN3O3. The lowest BCUT2D eigenvalue weighted by atomic mass is 10.3. The number of nitrogens with zero attached hydrogens (tertiary/aromatic N) is 3. The molecule has 2 rings (SSSR count). The summed E-state index contributed by atoms with van der Waals surface area (Å²) in [6.07, 6.45) is 0.821. The third-order valence-corrected chi connectivity index (χ3v) is 3.42. The molecule has 0 N–H and O–H groups in total. The topological polar surface area (TPSA) is 70.2 Å². The standard InChI is InChI=1S/C13H14IN3O3/c1-3-8-16-13(12(17(18)19)9(2)15-16)20-11-6-4-10(14)5-7-11/h4-7H,3,8H2,1-2H3. The Hall–Kier alpha value is -1.64. The molecule has 0 radical (unpaired) electrons. The van der Waals surface area contributed by atoms with Gasteiger partial charge in [-0.05, 0) is 60.2 Å². The number of hydrogen-bond acceptors (Lipinski definition) is 4. The van der Waals surface area contributed by atoms with E-state index in [4.69, 9.17) is 4.74 Å². The van der Waals surface area contributed by atoms with E-state index in [2.05, 4.69) is 27.7 Å². The van der Waals surface area contributed by atoms with E-state index in [9.17, 15) is 10.1 Å². The summed E-state index contributed by atoms with van der Waals surface area (Å²) in [5.41, 5.74) is 0.293. The summed E-state index contributed by atoms with van der Waals surface area (Å²) in [5.74, 6) is 0.751. The van der Waals surface area contributed by atoms with Crippen molar-refractivity contribution in [3.63, 3.8) is 0 Å². The molecule has 2 aromatic rings. The molecule has 0 saturated carbocycles. The van der Waals surface area contributed by atoms with Crippen molar-refractivity contribution in [1.82, 2.24) is 9.78 Å². The largest absolute Gasteiger partial charge is 0.434 e. The van der Waals surface area contributed by atoms with Gasteiger partial charge in [-0.2, -0.15) is 5.10 Å². The van der Waals surface area contributed by atoms with Crippen LogP contribution in [0.4, 0.5) is 5.69 Å². The van der Waals surface area contributed by atoms with Crippen molar-refractivity contribution in [2.75, 3.05) is 0 Å². The van der Waals surface area contributed by atoms with Crippen LogP contribution in [0.2, 0.25) is 0 Å². The van der Waals surface area contributed by atoms with Crippen molar-refractivity contribution in [3.8, 4) is 11.6 Å². The Labute approximate surface area is 130 Å². The molecule has 1 aromatic carbocycles. The number of hydrogen-bond donors (Lipinski definition) is 0. The van der Waals surface area contributed by atoms with Crippen LogP contribution in [0.3, 0.4) is 0 Å². The first kappa shape index (κ1) is 14.8. The van der Waals surface area contributed by atoms with Crippen LogP contribution in [-0.2, 0) is 6.54 Å². The molecular weight excluding hydrogens is 373 g/mol. The summed E-state index contributed by atoms with van der Waals surface area (Å²) >= 11 is 2.19. The van der Waals surface area contributed by atoms with E-state index in [1.807, 2.05) is 19.1 Å². The highest BCUT2D eigenvalue weighted by molar-refractivity contribution is 14.1. The summed E-state index contributed by atoms with van der Waals surface area (Å²) in [6.45, 7) is 4.18. The van der Waals surface area contributed by atoms with Gasteiger partial charge in [0.05, 0.1) is 4.92 Å². The minimum atomic E-state index is -0.448. The highest BCUT2D eigenvalue weighted by Crippen LogP contribution is 2.34. The highest BCUT2D eigenvalue weighted by atomic mass is 127. The van der Waals surface area contributed by atoms with Gasteiger partial charge in [0.2, 0.25) is 0 Å². The second kappa shape index (κ2) is 6.21. The summed E-state index contributed by atoms with van der Waals surface area (Å²) < 4.78 is 8.30. The Bertz CT molecular complexity index is 623. The second-order valence-electron chi connectivity index (χ2n) is 4.28. The summed E-state index contributed by atoms with van der Waals surface area (Å²) in [7, 11) is 0. The molecule has 0 unspecified atom stereocenters. The van der Waals surface area contributed by atoms with Crippen molar-refractivity contribution < 1.29 is 9.66 Å². The third-order valence-electron chi connectivity index (χ3n) is 2.70. The van der Waals surface area contributed by atoms with Gasteiger partial charge >= 0.3 is 5.69 Å². The number of aromatic nitrogens is 2. The fourth-order valence-electron chi connectivity index (χ4n) is 1.84. The minimum absolute atomic E-state index is 0.0722. The van der Waals surface area contributed by atoms with E-state index in [0.717, 1.165) is 9.99 Å². The summed E-state index contributed by atoms with van der Waals surface area (Å²) in [6, 6.07) is 7.33. The Balaban J connectivity index is 2.42. The minimum Gasteiger partial charge on any atom is -0.434 e. The second-order valence-corrected chi connectivity index (χ2v) is 5.52. The van der Waals surface area contributed by atoms with Gasteiger partial charge < -0.3 is 4.74 Å². The molecule has 0 fully saturated rings. The number of benzene rings is 1. The number of halogens is 1. The van der Waals surface area contributed by atoms with Crippen molar-refractivity contribution in [1.29, 1.82) is 0 Å². The Morgan fingerprint density at radius 3 is 2.60 bits per heavy atom. The molecule has 6 nitrogen and oxygen atoms in total. The molecule has 0 amide bonds. The lowest BCUT2D eigenvalue weighted by Crippen LogP contribution is -2.02. The van der Waals surface area contributed by atoms with Crippen molar-refractivity contribution >= 4 is 28.3 Å². The van der Waals surface area contributed by atoms with Crippen molar-refractivity contribution in [2.24, 2.45) is 0 Å². The third kappa shape index (κ3) is 3.09. The van der Waals surface area contributed by atoms with Crippen LogP contribution in [0.15, 0.2) is 24.3 Å². The van der Waals surface area contributed by atoms with E-state index in [-0.39, 0.29) is 11.6 Å². The molecule has 1 aromatic heterocycles. The maximum atomic E-state index is 11.2. The van der Waals surface area contributed by atoms with Crippen LogP contribution in [0.1, 0.15) is 19.0 Å². The maximum absolute atomic E-state index is 11.2. The van der Waals surface area contributed by atoms with Gasteiger partial charge in [-0.15, -0.1) is 0 Å². The molecule has 0 bridgehead atoms. The molecule has 1 heterocycles. The van der Waals surface area contributed by atoms with Crippen LogP contribution in [0.25, 0.3) is 0 Å². The normalized spacial score (nSPS) is 10.6. The van der Waals surface area contributed by atoms with Crippen LogP contribution in [0, 0.1) is 20.6 Å². The molecule has 106 valence electrons. The van der Waals surface area contributed by atoms with E-state index < -0.39 is 4.92 Å². The number of nitro groups is 1. The van der Waals surface area contributed by atoms with E-state index in [0.29, 0.717) is 18.0 Å². The average Bonchev–Trinajstić information content (AvgIpc) is 2.69. The monoisotopic (exact) mass is 387 g/mol. The first-order valence-corrected chi connectivity index (χ1v) is 7.26. The molecule has 0 aliphatic carbocycles. The molecule has 20 heavy (non-hydrogen) atoms. The van der Waals surface area contributed by atoms with Crippen molar-refractivity contribution in [2.45, 2.75) is 26.8 Å². The zero-order valence-electron chi connectivity index (χ0n) is 11.2. The molecule has 0 spiro atoms. The summed E-state index contributed by atoms with van der Waals surface area (Å²) in [4.78, 5) is 10.7. The molecule has 7 heteroatoms. The average molecular weight is 387 g/mol. The fraction of sp³-hybridized carbons (Fsp3) is 0.308. The van der Waals surface area contributed by atoms with Gasteiger partial charge in [-0.25, -0.2) is 4.68 Å². The number of aryl methyl sites for hydroxylation is 2. The van der Waals surface area contributed by atoms with Crippen molar-refractivity contribution in [3.05, 3.63) is 43.6 Å². The lowest BCUT2D eigenvalue weighted by molar-refractivity contribution is -0.386. The molecule has 0 saturated heterocycles. The van der Waals surface area contributed by atoms with E-state index in [1.165, 1.54) is 0 Å². The number of ether oxygens (including phenoxy) is 1. The van der Waals surface area contributed by atoms with Crippen LogP contribution < -0.4 is 4.74 Å². The van der Waals surface area contributed by atoms with Crippen LogP contribution in [0.5, 0.6) is 11.6 Å². The zero-order chi connectivity index (χ0) is 14.7. The van der Waals surface area contributed by atoms with Gasteiger partial charge in [0, 0.05) is 10.1 Å². The van der Waals surface area contributed by atoms with E-state index in [1.54, 1.807) is 23.7 Å². The summed E-state index contributed by atoms with van der Waals surface area (Å²) in [5, 5.41) is 15.4. The van der Waals surface area contributed by atoms with Gasteiger partial charge in [0.1, 0.15) is 11.4 Å². The SMILES string of the molecule is CCCn1nc(C)c([N+](=O)[O-])c1Oc1ccc(I)cc1. The van der Waals surface area contributed by atoms with Crippen LogP contribution >= 0.6 is 22.6 Å². The van der Waals surface area contributed by atoms with E-state index >= 15 is 0 Å². The van der Waals surface area contributed by atoms with Crippen LogP contribution in [-0.4, -0.2) is 14.7 Å². The Morgan fingerprint density at radius 2 is 2.05 bits per heavy atom.